The number of carbonyl (C=O) groups is 1. The third-order valence-electron chi connectivity index (χ3n) is 3.98. The number of hydrogen-bond donors (Lipinski definition) is 1. The lowest BCUT2D eigenvalue weighted by atomic mass is 9.98. The van der Waals surface area contributed by atoms with E-state index in [0.29, 0.717) is 13.0 Å². The number of carboxylic acids is 1. The highest BCUT2D eigenvalue weighted by Gasteiger charge is 2.17. The van der Waals surface area contributed by atoms with E-state index < -0.39 is 5.97 Å². The molecule has 1 rings (SSSR count). The molecule has 19 heavy (non-hydrogen) atoms. The number of nitrogens with zero attached hydrogens (tertiary/aromatic N) is 1. The maximum absolute atomic E-state index is 11.1. The van der Waals surface area contributed by atoms with Crippen LogP contribution < -0.4 is 0 Å². The maximum Gasteiger partial charge on any atom is 0.307 e. The van der Waals surface area contributed by atoms with Crippen LogP contribution in [0.25, 0.3) is 0 Å². The first-order valence-electron chi connectivity index (χ1n) is 6.83. The largest absolute Gasteiger partial charge is 0.481 e. The molecular formula is C16H25NO2. The Morgan fingerprint density at radius 1 is 1.26 bits per heavy atom. The molecule has 0 saturated carbocycles. The van der Waals surface area contributed by atoms with Crippen LogP contribution in [0.3, 0.4) is 0 Å². The molecule has 0 amide bonds. The molecule has 0 aliphatic heterocycles. The minimum atomic E-state index is -0.703. The molecule has 3 nitrogen and oxygen atoms in total. The molecule has 1 unspecified atom stereocenters. The van der Waals surface area contributed by atoms with E-state index in [2.05, 4.69) is 37.8 Å². The van der Waals surface area contributed by atoms with E-state index in [9.17, 15) is 4.79 Å². The zero-order valence-corrected chi connectivity index (χ0v) is 12.7. The average Bonchev–Trinajstić information content (AvgIpc) is 2.36. The lowest BCUT2D eigenvalue weighted by Crippen LogP contribution is -2.30. The van der Waals surface area contributed by atoms with Crippen LogP contribution in [0, 0.1) is 26.7 Å². The third-order valence-corrected chi connectivity index (χ3v) is 3.98. The molecule has 1 aromatic rings. The Morgan fingerprint density at radius 2 is 1.89 bits per heavy atom. The minimum Gasteiger partial charge on any atom is -0.481 e. The van der Waals surface area contributed by atoms with Gasteiger partial charge in [0, 0.05) is 13.1 Å². The number of carboxylic acid groups (broad SMARTS) is 1. The monoisotopic (exact) mass is 263 g/mol. The van der Waals surface area contributed by atoms with Gasteiger partial charge in [0.25, 0.3) is 0 Å². The van der Waals surface area contributed by atoms with Gasteiger partial charge in [0.15, 0.2) is 0 Å². The lowest BCUT2D eigenvalue weighted by molar-refractivity contribution is -0.142. The Balaban J connectivity index is 2.75. The van der Waals surface area contributed by atoms with Gasteiger partial charge in [-0.1, -0.05) is 19.1 Å². The molecule has 0 aromatic heterocycles. The highest BCUT2D eigenvalue weighted by atomic mass is 16.4. The van der Waals surface area contributed by atoms with Crippen molar-refractivity contribution < 1.29 is 9.90 Å². The van der Waals surface area contributed by atoms with Gasteiger partial charge in [-0.15, -0.1) is 0 Å². The van der Waals surface area contributed by atoms with Crippen molar-refractivity contribution in [1.82, 2.24) is 4.90 Å². The van der Waals surface area contributed by atoms with Gasteiger partial charge in [-0.2, -0.15) is 0 Å². The number of aliphatic carboxylic acids is 1. The highest BCUT2D eigenvalue weighted by Crippen LogP contribution is 2.19. The molecule has 0 heterocycles. The SMILES string of the molecule is CCC(CN(C)Cc1ccc(C)c(C)c1C)C(=O)O. The fourth-order valence-corrected chi connectivity index (χ4v) is 2.30. The molecular weight excluding hydrogens is 238 g/mol. The summed E-state index contributed by atoms with van der Waals surface area (Å²) in [6.07, 6.45) is 0.672. The molecule has 1 N–H and O–H groups in total. The molecule has 0 bridgehead atoms. The Labute approximate surface area is 116 Å². The van der Waals surface area contributed by atoms with Gasteiger partial charge in [-0.05, 0) is 56.5 Å². The standard InChI is InChI=1S/C16H25NO2/c1-6-14(16(18)19)9-17(5)10-15-8-7-11(2)12(3)13(15)4/h7-8,14H,6,9-10H2,1-5H3,(H,18,19). The summed E-state index contributed by atoms with van der Waals surface area (Å²) in [7, 11) is 1.99. The van der Waals surface area contributed by atoms with Crippen molar-refractivity contribution in [3.8, 4) is 0 Å². The fraction of sp³-hybridized carbons (Fsp3) is 0.562. The van der Waals surface area contributed by atoms with Crippen LogP contribution in [-0.2, 0) is 11.3 Å². The van der Waals surface area contributed by atoms with Crippen molar-refractivity contribution in [2.75, 3.05) is 13.6 Å². The summed E-state index contributed by atoms with van der Waals surface area (Å²) in [4.78, 5) is 13.2. The summed E-state index contributed by atoms with van der Waals surface area (Å²) < 4.78 is 0. The highest BCUT2D eigenvalue weighted by molar-refractivity contribution is 5.70. The topological polar surface area (TPSA) is 40.5 Å². The van der Waals surface area contributed by atoms with Crippen LogP contribution in [-0.4, -0.2) is 29.6 Å². The van der Waals surface area contributed by atoms with Crippen LogP contribution in [0.5, 0.6) is 0 Å². The van der Waals surface area contributed by atoms with Crippen LogP contribution >= 0.6 is 0 Å². The normalized spacial score (nSPS) is 12.7. The number of rotatable bonds is 6. The van der Waals surface area contributed by atoms with Crippen LogP contribution in [0.15, 0.2) is 12.1 Å². The number of hydrogen-bond acceptors (Lipinski definition) is 2. The molecule has 0 radical (unpaired) electrons. The second-order valence-corrected chi connectivity index (χ2v) is 5.43. The van der Waals surface area contributed by atoms with Gasteiger partial charge in [-0.3, -0.25) is 4.79 Å². The van der Waals surface area contributed by atoms with Crippen molar-refractivity contribution in [3.05, 3.63) is 34.4 Å². The number of benzene rings is 1. The summed E-state index contributed by atoms with van der Waals surface area (Å²) in [5, 5.41) is 9.10. The van der Waals surface area contributed by atoms with Crippen LogP contribution in [0.1, 0.15) is 35.6 Å². The Morgan fingerprint density at radius 3 is 2.42 bits per heavy atom. The van der Waals surface area contributed by atoms with Gasteiger partial charge < -0.3 is 10.0 Å². The summed E-state index contributed by atoms with van der Waals surface area (Å²) in [5.74, 6) is -0.983. The van der Waals surface area contributed by atoms with E-state index in [0.717, 1.165) is 6.54 Å². The quantitative estimate of drug-likeness (QED) is 0.857. The van der Waals surface area contributed by atoms with Crippen LogP contribution in [0.4, 0.5) is 0 Å². The lowest BCUT2D eigenvalue weighted by Gasteiger charge is -2.22. The van der Waals surface area contributed by atoms with E-state index in [-0.39, 0.29) is 5.92 Å². The average molecular weight is 263 g/mol. The predicted molar refractivity (Wildman–Crippen MR) is 78.4 cm³/mol. The fourth-order valence-electron chi connectivity index (χ4n) is 2.30. The Kier molecular flexibility index (Phi) is 5.55. The smallest absolute Gasteiger partial charge is 0.307 e. The van der Waals surface area contributed by atoms with Gasteiger partial charge in [0.05, 0.1) is 5.92 Å². The van der Waals surface area contributed by atoms with Crippen molar-refractivity contribution in [3.63, 3.8) is 0 Å². The van der Waals surface area contributed by atoms with Gasteiger partial charge in [0.1, 0.15) is 0 Å². The van der Waals surface area contributed by atoms with E-state index in [1.54, 1.807) is 0 Å². The second-order valence-electron chi connectivity index (χ2n) is 5.43. The first-order valence-corrected chi connectivity index (χ1v) is 6.83. The predicted octanol–water partition coefficient (Wildman–Crippen LogP) is 3.15. The zero-order chi connectivity index (χ0) is 14.6. The van der Waals surface area contributed by atoms with E-state index in [1.165, 1.54) is 22.3 Å². The molecule has 0 aliphatic rings. The summed E-state index contributed by atoms with van der Waals surface area (Å²) in [6, 6.07) is 4.29. The minimum absolute atomic E-state index is 0.281. The first-order chi connectivity index (χ1) is 8.86. The molecule has 106 valence electrons. The Bertz CT molecular complexity index is 454. The summed E-state index contributed by atoms with van der Waals surface area (Å²) in [5.41, 5.74) is 5.23. The zero-order valence-electron chi connectivity index (χ0n) is 12.7. The number of aryl methyl sites for hydroxylation is 1. The van der Waals surface area contributed by atoms with Gasteiger partial charge in [-0.25, -0.2) is 0 Å². The van der Waals surface area contributed by atoms with Gasteiger partial charge >= 0.3 is 5.97 Å². The molecule has 3 heteroatoms. The second kappa shape index (κ2) is 6.71. The first kappa shape index (κ1) is 15.7. The molecule has 0 aliphatic carbocycles. The van der Waals surface area contributed by atoms with E-state index in [4.69, 9.17) is 5.11 Å². The van der Waals surface area contributed by atoms with Crippen molar-refractivity contribution in [2.24, 2.45) is 5.92 Å². The molecule has 0 fully saturated rings. The summed E-state index contributed by atoms with van der Waals surface area (Å²) >= 11 is 0. The Hall–Kier alpha value is -1.35. The molecule has 1 atom stereocenters. The van der Waals surface area contributed by atoms with Crippen molar-refractivity contribution in [2.45, 2.75) is 40.7 Å². The molecule has 0 spiro atoms. The van der Waals surface area contributed by atoms with Gasteiger partial charge in [0.2, 0.25) is 0 Å². The summed E-state index contributed by atoms with van der Waals surface area (Å²) in [6.45, 7) is 9.72. The van der Waals surface area contributed by atoms with Crippen molar-refractivity contribution >= 4 is 5.97 Å². The molecule has 0 saturated heterocycles. The third kappa shape index (κ3) is 4.06. The van der Waals surface area contributed by atoms with E-state index >= 15 is 0 Å². The maximum atomic E-state index is 11.1. The van der Waals surface area contributed by atoms with Crippen LogP contribution in [0.2, 0.25) is 0 Å². The van der Waals surface area contributed by atoms with E-state index in [1.807, 2.05) is 14.0 Å². The van der Waals surface area contributed by atoms with Crippen molar-refractivity contribution in [1.29, 1.82) is 0 Å². The molecule has 1 aromatic carbocycles.